The van der Waals surface area contributed by atoms with E-state index >= 15 is 0 Å². The molecule has 1 amide bonds. The molecule has 4 aliphatic rings. The molecule has 2 aromatic rings. The highest BCUT2D eigenvalue weighted by atomic mass is 32.1. The van der Waals surface area contributed by atoms with Crippen LogP contribution in [0.2, 0.25) is 0 Å². The van der Waals surface area contributed by atoms with Gasteiger partial charge in [-0.15, -0.1) is 0 Å². The van der Waals surface area contributed by atoms with Gasteiger partial charge < -0.3 is 4.90 Å². The monoisotopic (exact) mass is 428 g/mol. The van der Waals surface area contributed by atoms with Crippen molar-refractivity contribution in [1.82, 2.24) is 9.47 Å². The third kappa shape index (κ3) is 3.24. The second-order valence-corrected chi connectivity index (χ2v) is 10.8. The lowest BCUT2D eigenvalue weighted by Gasteiger charge is -2.60. The maximum atomic E-state index is 13.6. The quantitative estimate of drug-likeness (QED) is 0.684. The second kappa shape index (κ2) is 7.33. The first kappa shape index (κ1) is 20.0. The Balaban J connectivity index is 1.45. The number of aryl methyl sites for hydroxylation is 1. The molecular formula is C24H29FN2O2S. The summed E-state index contributed by atoms with van der Waals surface area (Å²) in [7, 11) is 0. The normalized spacial score (nSPS) is 29.4. The molecule has 1 aromatic heterocycles. The molecule has 4 fully saturated rings. The highest BCUT2D eigenvalue weighted by molar-refractivity contribution is 7.09. The molecule has 1 heterocycles. The van der Waals surface area contributed by atoms with Crippen molar-refractivity contribution in [2.24, 2.45) is 17.8 Å². The number of nitrogens with zero attached hydrogens (tertiary/aromatic N) is 2. The van der Waals surface area contributed by atoms with Crippen LogP contribution in [-0.2, 0) is 11.3 Å². The van der Waals surface area contributed by atoms with Crippen molar-refractivity contribution < 1.29 is 9.18 Å². The smallest absolute Gasteiger partial charge is 0.308 e. The molecule has 4 saturated carbocycles. The van der Waals surface area contributed by atoms with E-state index in [2.05, 4.69) is 11.8 Å². The Labute approximate surface area is 180 Å². The number of carbonyl (C=O) groups excluding carboxylic acids is 1. The minimum absolute atomic E-state index is 0.00864. The maximum absolute atomic E-state index is 13.6. The lowest BCUT2D eigenvalue weighted by molar-refractivity contribution is -0.150. The summed E-state index contributed by atoms with van der Waals surface area (Å²) in [5.74, 6) is 2.02. The zero-order valence-electron chi connectivity index (χ0n) is 17.7. The van der Waals surface area contributed by atoms with Crippen molar-refractivity contribution in [2.75, 3.05) is 6.54 Å². The summed E-state index contributed by atoms with van der Waals surface area (Å²) >= 11 is 1.16. The van der Waals surface area contributed by atoms with Gasteiger partial charge in [-0.25, -0.2) is 4.39 Å². The van der Waals surface area contributed by atoms with Crippen LogP contribution in [0.25, 0.3) is 11.3 Å². The van der Waals surface area contributed by atoms with Crippen LogP contribution in [0.4, 0.5) is 4.39 Å². The molecule has 4 aliphatic carbocycles. The molecule has 0 radical (unpaired) electrons. The van der Waals surface area contributed by atoms with Gasteiger partial charge in [-0.3, -0.25) is 14.2 Å². The van der Waals surface area contributed by atoms with Crippen LogP contribution < -0.4 is 4.87 Å². The summed E-state index contributed by atoms with van der Waals surface area (Å²) in [4.78, 5) is 29.1. The van der Waals surface area contributed by atoms with Crippen molar-refractivity contribution in [1.29, 1.82) is 0 Å². The van der Waals surface area contributed by atoms with Crippen molar-refractivity contribution in [2.45, 2.75) is 64.5 Å². The highest BCUT2D eigenvalue weighted by Gasteiger charge is 2.54. The lowest BCUT2D eigenvalue weighted by Crippen LogP contribution is -2.62. The van der Waals surface area contributed by atoms with E-state index in [1.165, 1.54) is 31.4 Å². The first-order valence-electron chi connectivity index (χ1n) is 11.1. The molecule has 4 nitrogen and oxygen atoms in total. The Kier molecular flexibility index (Phi) is 4.88. The first-order chi connectivity index (χ1) is 14.4. The number of rotatable bonds is 5. The minimum atomic E-state index is -0.310. The summed E-state index contributed by atoms with van der Waals surface area (Å²) in [5, 5.41) is 0. The molecule has 0 spiro atoms. The molecule has 0 aliphatic heterocycles. The number of benzene rings is 1. The Morgan fingerprint density at radius 2 is 1.70 bits per heavy atom. The molecule has 160 valence electrons. The fourth-order valence-electron chi connectivity index (χ4n) is 7.02. The van der Waals surface area contributed by atoms with Crippen LogP contribution in [-0.4, -0.2) is 27.5 Å². The second-order valence-electron chi connectivity index (χ2n) is 9.65. The van der Waals surface area contributed by atoms with Crippen molar-refractivity contribution in [3.8, 4) is 11.3 Å². The van der Waals surface area contributed by atoms with Gasteiger partial charge in [-0.05, 0) is 100.0 Å². The average Bonchev–Trinajstić information content (AvgIpc) is 2.95. The Morgan fingerprint density at radius 3 is 2.23 bits per heavy atom. The number of halogens is 1. The Hall–Kier alpha value is -1.95. The topological polar surface area (TPSA) is 42.3 Å². The van der Waals surface area contributed by atoms with Crippen molar-refractivity contribution in [3.63, 3.8) is 0 Å². The zero-order chi connectivity index (χ0) is 21.0. The van der Waals surface area contributed by atoms with E-state index < -0.39 is 0 Å². The molecule has 4 bridgehead atoms. The summed E-state index contributed by atoms with van der Waals surface area (Å²) in [6.07, 6.45) is 7.39. The maximum Gasteiger partial charge on any atom is 0.308 e. The van der Waals surface area contributed by atoms with Gasteiger partial charge in [-0.2, -0.15) is 0 Å². The van der Waals surface area contributed by atoms with Gasteiger partial charge in [0.05, 0.1) is 5.69 Å². The fourth-order valence-corrected chi connectivity index (χ4v) is 7.87. The standard InChI is InChI=1S/C24H29FN2O2S/c1-3-27(24-11-16-8-17(12-24)10-18(9-16)13-24)21(28)14-26-22(15(2)30-23(26)29)19-4-6-20(25)7-5-19/h4-7,16-18H,3,8-14H2,1-2H3. The van der Waals surface area contributed by atoms with Crippen LogP contribution >= 0.6 is 11.3 Å². The number of aromatic nitrogens is 1. The predicted molar refractivity (Wildman–Crippen MR) is 117 cm³/mol. The first-order valence-corrected chi connectivity index (χ1v) is 12.0. The summed E-state index contributed by atoms with van der Waals surface area (Å²) in [6, 6.07) is 6.16. The zero-order valence-corrected chi connectivity index (χ0v) is 18.5. The number of thiazole rings is 1. The van der Waals surface area contributed by atoms with Gasteiger partial charge in [-0.1, -0.05) is 11.3 Å². The van der Waals surface area contributed by atoms with Gasteiger partial charge in [0.1, 0.15) is 12.4 Å². The van der Waals surface area contributed by atoms with E-state index in [0.29, 0.717) is 6.54 Å². The number of amides is 1. The third-order valence-electron chi connectivity index (χ3n) is 7.67. The molecular weight excluding hydrogens is 399 g/mol. The van der Waals surface area contributed by atoms with Crippen molar-refractivity contribution >= 4 is 17.2 Å². The molecule has 6 rings (SSSR count). The number of hydrogen-bond acceptors (Lipinski definition) is 3. The molecule has 30 heavy (non-hydrogen) atoms. The molecule has 0 saturated heterocycles. The highest BCUT2D eigenvalue weighted by Crippen LogP contribution is 2.57. The minimum Gasteiger partial charge on any atom is -0.336 e. The van der Waals surface area contributed by atoms with Crippen LogP contribution in [0.1, 0.15) is 50.3 Å². The van der Waals surface area contributed by atoms with E-state index in [-0.39, 0.29) is 28.7 Å². The van der Waals surface area contributed by atoms with Crippen molar-refractivity contribution in [3.05, 3.63) is 44.6 Å². The van der Waals surface area contributed by atoms with Crippen LogP contribution in [0.3, 0.4) is 0 Å². The van der Waals surface area contributed by atoms with E-state index in [1.54, 1.807) is 16.7 Å². The molecule has 0 N–H and O–H groups in total. The van der Waals surface area contributed by atoms with E-state index in [4.69, 9.17) is 0 Å². The summed E-state index contributed by atoms with van der Waals surface area (Å²) in [6.45, 7) is 4.71. The van der Waals surface area contributed by atoms with Gasteiger partial charge in [0, 0.05) is 17.0 Å². The average molecular weight is 429 g/mol. The summed E-state index contributed by atoms with van der Waals surface area (Å²) in [5.41, 5.74) is 1.50. The van der Waals surface area contributed by atoms with Crippen LogP contribution in [0, 0.1) is 30.5 Å². The predicted octanol–water partition coefficient (Wildman–Crippen LogP) is 4.84. The molecule has 1 aromatic carbocycles. The molecule has 6 heteroatoms. The Morgan fingerprint density at radius 1 is 1.13 bits per heavy atom. The van der Waals surface area contributed by atoms with E-state index in [0.717, 1.165) is 64.5 Å². The Bertz CT molecular complexity index is 988. The number of carbonyl (C=O) groups is 1. The lowest BCUT2D eigenvalue weighted by atomic mass is 9.52. The summed E-state index contributed by atoms with van der Waals surface area (Å²) < 4.78 is 15.0. The SMILES string of the molecule is CCN(C(=O)Cn1c(-c2ccc(F)cc2)c(C)sc1=O)C12CC3CC(CC(C3)C1)C2. The number of hydrogen-bond donors (Lipinski definition) is 0. The molecule has 0 unspecified atom stereocenters. The fraction of sp³-hybridized carbons (Fsp3) is 0.583. The van der Waals surface area contributed by atoms with Crippen LogP contribution in [0.15, 0.2) is 29.1 Å². The van der Waals surface area contributed by atoms with Gasteiger partial charge in [0.15, 0.2) is 0 Å². The molecule has 0 atom stereocenters. The third-order valence-corrected chi connectivity index (χ3v) is 8.57. The largest absolute Gasteiger partial charge is 0.336 e. The van der Waals surface area contributed by atoms with E-state index in [1.807, 2.05) is 6.92 Å². The van der Waals surface area contributed by atoms with Crippen LogP contribution in [0.5, 0.6) is 0 Å². The number of likely N-dealkylation sites (N-methyl/N-ethyl adjacent to an activating group) is 1. The van der Waals surface area contributed by atoms with Gasteiger partial charge in [0.2, 0.25) is 5.91 Å². The van der Waals surface area contributed by atoms with E-state index in [9.17, 15) is 14.0 Å². The van der Waals surface area contributed by atoms with Gasteiger partial charge >= 0.3 is 4.87 Å². The van der Waals surface area contributed by atoms with Gasteiger partial charge in [0.25, 0.3) is 0 Å².